The number of hydrogen-bond acceptors (Lipinski definition) is 8. The highest BCUT2D eigenvalue weighted by molar-refractivity contribution is 6.31. The Hall–Kier alpha value is -6.54. The van der Waals surface area contributed by atoms with Gasteiger partial charge in [-0.15, -0.1) is 0 Å². The summed E-state index contributed by atoms with van der Waals surface area (Å²) in [4.78, 5) is 53.5. The number of nitrogens with zero attached hydrogens (tertiary/aromatic N) is 6. The average Bonchev–Trinajstić information content (AvgIpc) is 3.59. The number of aromatic nitrogens is 4. The van der Waals surface area contributed by atoms with Gasteiger partial charge in [0.15, 0.2) is 0 Å². The minimum Gasteiger partial charge on any atom is -0.507 e. The molecule has 3 heterocycles. The van der Waals surface area contributed by atoms with Crippen LogP contribution in [0.25, 0.3) is 16.1 Å². The number of phenolic OH excluding ortho intramolecular Hbond substituents is 1. The predicted octanol–water partition coefficient (Wildman–Crippen LogP) is 4.36. The molecule has 1 aliphatic heterocycles. The molecule has 14 heteroatoms. The van der Waals surface area contributed by atoms with E-state index < -0.39 is 29.8 Å². The number of ether oxygens (including phenoxy) is 1. The second kappa shape index (κ2) is 16.4. The molecule has 1 saturated heterocycles. The predicted molar refractivity (Wildman–Crippen MR) is 192 cm³/mol. The largest absolute Gasteiger partial charge is 0.507 e. The summed E-state index contributed by atoms with van der Waals surface area (Å²) in [6.07, 6.45) is 5.85. The van der Waals surface area contributed by atoms with Crippen LogP contribution in [0, 0.1) is 18.4 Å². The summed E-state index contributed by atoms with van der Waals surface area (Å²) in [6.45, 7) is 8.02. The van der Waals surface area contributed by atoms with Crippen LogP contribution < -0.4 is 10.6 Å². The number of benzene rings is 3. The highest BCUT2D eigenvalue weighted by Gasteiger charge is 2.37. The molecule has 3 N–H and O–H groups in total. The number of nitrogens with one attached hydrogen (secondary N) is 2. The first-order valence-corrected chi connectivity index (χ1v) is 16.5. The molecule has 3 aromatic carbocycles. The lowest BCUT2D eigenvalue weighted by Crippen LogP contribution is -2.57. The van der Waals surface area contributed by atoms with Crippen LogP contribution in [0.5, 0.6) is 5.75 Å². The van der Waals surface area contributed by atoms with Crippen LogP contribution in [-0.4, -0.2) is 79.8 Å². The topological polar surface area (TPSA) is 156 Å². The summed E-state index contributed by atoms with van der Waals surface area (Å²) in [5, 5.41) is 21.1. The zero-order chi connectivity index (χ0) is 36.5. The number of carbonyl (C=O) groups excluding carboxylic acids is 3. The fourth-order valence-corrected chi connectivity index (χ4v) is 5.66. The van der Waals surface area contributed by atoms with E-state index in [1.54, 1.807) is 77.6 Å². The Kier molecular flexibility index (Phi) is 11.2. The summed E-state index contributed by atoms with van der Waals surface area (Å²) >= 11 is 6.19. The van der Waals surface area contributed by atoms with Gasteiger partial charge < -0.3 is 30.2 Å². The van der Waals surface area contributed by atoms with Crippen molar-refractivity contribution in [2.45, 2.75) is 18.6 Å². The van der Waals surface area contributed by atoms with E-state index in [1.807, 2.05) is 0 Å². The van der Waals surface area contributed by atoms with Crippen LogP contribution >= 0.6 is 11.6 Å². The van der Waals surface area contributed by atoms with E-state index in [1.165, 1.54) is 29.6 Å². The van der Waals surface area contributed by atoms with Crippen LogP contribution in [-0.2, 0) is 20.9 Å². The summed E-state index contributed by atoms with van der Waals surface area (Å²) in [7, 11) is 0. The molecule has 260 valence electrons. The van der Waals surface area contributed by atoms with E-state index in [9.17, 15) is 19.5 Å². The molecule has 0 spiro atoms. The highest BCUT2D eigenvalue weighted by Crippen LogP contribution is 2.33. The molecule has 0 aliphatic carbocycles. The monoisotopic (exact) mass is 714 g/mol. The van der Waals surface area contributed by atoms with Gasteiger partial charge in [-0.3, -0.25) is 24.0 Å². The molecule has 13 nitrogen and oxygen atoms in total. The van der Waals surface area contributed by atoms with Gasteiger partial charge in [-0.05, 0) is 48.0 Å². The van der Waals surface area contributed by atoms with E-state index in [4.69, 9.17) is 22.9 Å². The molecule has 0 saturated carbocycles. The molecule has 5 aromatic rings. The van der Waals surface area contributed by atoms with Crippen molar-refractivity contribution in [3.8, 4) is 28.8 Å². The fourth-order valence-electron chi connectivity index (χ4n) is 5.48. The minimum absolute atomic E-state index is 0.00558. The molecular formula is C38H31ClN8O5. The van der Waals surface area contributed by atoms with Crippen LogP contribution in [0.3, 0.4) is 0 Å². The van der Waals surface area contributed by atoms with Gasteiger partial charge in [0.05, 0.1) is 25.0 Å². The Morgan fingerprint density at radius 1 is 1.08 bits per heavy atom. The van der Waals surface area contributed by atoms with E-state index in [-0.39, 0.29) is 37.7 Å². The van der Waals surface area contributed by atoms with Crippen LogP contribution in [0.2, 0.25) is 5.02 Å². The van der Waals surface area contributed by atoms with E-state index in [0.717, 1.165) is 0 Å². The molecule has 0 unspecified atom stereocenters. The standard InChI is InChI=1S/C38H31ClN8O5/c1-40-17-18-46-23-27(34(45-46)30-21-28(39)11-14-33(30)48)10-7-25-8-12-29(13-9-25)43-37(50)32-24-52-20-19-47(32)38(51)35(26-5-3-2-4-6-26)44-36(49)31-22-41-15-16-42-31/h2-6,8-9,11-16,21-23,32,35,48H,17-20,24H2,(H,43,50)(H,44,49)/t32-,35+/m0/s1. The third-order valence-electron chi connectivity index (χ3n) is 8.08. The normalized spacial score (nSPS) is 14.3. The Bertz CT molecular complexity index is 2180. The van der Waals surface area contributed by atoms with Crippen molar-refractivity contribution in [3.63, 3.8) is 0 Å². The third kappa shape index (κ3) is 8.42. The van der Waals surface area contributed by atoms with E-state index in [2.05, 4.69) is 42.4 Å². The molecular weight excluding hydrogens is 684 g/mol. The number of anilines is 1. The first-order chi connectivity index (χ1) is 25.3. The van der Waals surface area contributed by atoms with E-state index in [0.29, 0.717) is 45.2 Å². The molecule has 1 fully saturated rings. The smallest absolute Gasteiger partial charge is 0.272 e. The lowest BCUT2D eigenvalue weighted by atomic mass is 10.0. The summed E-state index contributed by atoms with van der Waals surface area (Å²) in [5.74, 6) is 4.67. The van der Waals surface area contributed by atoms with Gasteiger partial charge in [-0.1, -0.05) is 53.8 Å². The van der Waals surface area contributed by atoms with Gasteiger partial charge in [-0.2, -0.15) is 5.10 Å². The maximum Gasteiger partial charge on any atom is 0.272 e. The quantitative estimate of drug-likeness (QED) is 0.150. The number of halogens is 1. The van der Waals surface area contributed by atoms with Crippen molar-refractivity contribution >= 4 is 35.0 Å². The van der Waals surface area contributed by atoms with Gasteiger partial charge in [0, 0.05) is 47.0 Å². The van der Waals surface area contributed by atoms with Crippen molar-refractivity contribution in [3.05, 3.63) is 136 Å². The van der Waals surface area contributed by atoms with Gasteiger partial charge in [0.25, 0.3) is 11.8 Å². The van der Waals surface area contributed by atoms with E-state index >= 15 is 0 Å². The van der Waals surface area contributed by atoms with Crippen molar-refractivity contribution in [1.82, 2.24) is 30.0 Å². The summed E-state index contributed by atoms with van der Waals surface area (Å²) in [6, 6.07) is 18.2. The minimum atomic E-state index is -1.09. The lowest BCUT2D eigenvalue weighted by Gasteiger charge is -2.37. The molecule has 0 radical (unpaired) electrons. The number of aromatic hydroxyl groups is 1. The highest BCUT2D eigenvalue weighted by atomic mass is 35.5. The Morgan fingerprint density at radius 2 is 1.88 bits per heavy atom. The van der Waals surface area contributed by atoms with Gasteiger partial charge in [0.1, 0.15) is 35.8 Å². The number of carbonyl (C=O) groups is 3. The Balaban J connectivity index is 1.18. The summed E-state index contributed by atoms with van der Waals surface area (Å²) in [5.41, 5.74) is 3.07. The summed E-state index contributed by atoms with van der Waals surface area (Å²) < 4.78 is 7.21. The molecule has 0 bridgehead atoms. The molecule has 2 atom stereocenters. The van der Waals surface area contributed by atoms with Crippen molar-refractivity contribution in [2.75, 3.05) is 31.6 Å². The number of hydrogen-bond donors (Lipinski definition) is 3. The second-order valence-electron chi connectivity index (χ2n) is 11.5. The molecule has 3 amide bonds. The first kappa shape index (κ1) is 35.3. The SMILES string of the molecule is [C-]#[N+]CCn1cc(C#Cc2ccc(NC(=O)[C@@H]3COCCN3C(=O)[C@H](NC(=O)c3cnccn3)c3ccccc3)cc2)c(-c2cc(Cl)ccc2O)n1. The lowest BCUT2D eigenvalue weighted by molar-refractivity contribution is -0.148. The maximum absolute atomic E-state index is 14.1. The van der Waals surface area contributed by atoms with Crippen molar-refractivity contribution in [1.29, 1.82) is 0 Å². The van der Waals surface area contributed by atoms with Crippen LogP contribution in [0.1, 0.15) is 33.2 Å². The molecule has 1 aliphatic rings. The fraction of sp³-hybridized carbons (Fsp3) is 0.184. The second-order valence-corrected chi connectivity index (χ2v) is 12.0. The molecule has 52 heavy (non-hydrogen) atoms. The van der Waals surface area contributed by atoms with Crippen molar-refractivity contribution in [2.24, 2.45) is 0 Å². The van der Waals surface area contributed by atoms with Crippen LogP contribution in [0.4, 0.5) is 5.69 Å². The Labute approximate surface area is 304 Å². The van der Waals surface area contributed by atoms with Gasteiger partial charge in [0.2, 0.25) is 12.5 Å². The zero-order valence-electron chi connectivity index (χ0n) is 27.6. The number of morpholine rings is 1. The van der Waals surface area contributed by atoms with Gasteiger partial charge in [-0.25, -0.2) is 11.6 Å². The molecule has 2 aromatic heterocycles. The maximum atomic E-state index is 14.1. The van der Waals surface area contributed by atoms with Gasteiger partial charge >= 0.3 is 0 Å². The van der Waals surface area contributed by atoms with Crippen LogP contribution in [0.15, 0.2) is 97.6 Å². The number of amides is 3. The average molecular weight is 715 g/mol. The Morgan fingerprint density at radius 3 is 2.63 bits per heavy atom. The molecule has 6 rings (SSSR count). The van der Waals surface area contributed by atoms with Crippen molar-refractivity contribution < 1.29 is 24.2 Å². The number of rotatable bonds is 9. The third-order valence-corrected chi connectivity index (χ3v) is 8.31. The zero-order valence-corrected chi connectivity index (χ0v) is 28.3. The first-order valence-electron chi connectivity index (χ1n) is 16.1. The number of phenols is 1.